The van der Waals surface area contributed by atoms with Gasteiger partial charge in [0.1, 0.15) is 17.1 Å². The Bertz CT molecular complexity index is 805. The van der Waals surface area contributed by atoms with Crippen molar-refractivity contribution < 1.29 is 13.9 Å². The fraction of sp³-hybridized carbons (Fsp3) is 0.250. The number of rotatable bonds is 6. The van der Waals surface area contributed by atoms with Crippen LogP contribution in [0, 0.1) is 0 Å². The van der Waals surface area contributed by atoms with Crippen LogP contribution in [0.5, 0.6) is 5.75 Å². The molecule has 0 aliphatic carbocycles. The van der Waals surface area contributed by atoms with Crippen molar-refractivity contribution in [1.82, 2.24) is 5.32 Å². The van der Waals surface area contributed by atoms with Gasteiger partial charge >= 0.3 is 0 Å². The molecule has 1 N–H and O–H groups in total. The van der Waals surface area contributed by atoms with Gasteiger partial charge in [0.05, 0.1) is 12.2 Å². The van der Waals surface area contributed by atoms with Crippen molar-refractivity contribution in [3.05, 3.63) is 65.9 Å². The number of carbonyl (C=O) groups is 1. The zero-order chi connectivity index (χ0) is 16.9. The molecule has 24 heavy (non-hydrogen) atoms. The highest BCUT2D eigenvalue weighted by molar-refractivity contribution is 5.97. The van der Waals surface area contributed by atoms with Gasteiger partial charge in [-0.2, -0.15) is 0 Å². The zero-order valence-electron chi connectivity index (χ0n) is 13.9. The molecule has 0 saturated heterocycles. The molecule has 1 aromatic heterocycles. The fourth-order valence-corrected chi connectivity index (χ4v) is 2.73. The van der Waals surface area contributed by atoms with E-state index < -0.39 is 0 Å². The Labute approximate surface area is 141 Å². The first kappa shape index (κ1) is 16.1. The molecule has 3 aromatic rings. The number of fused-ring (bicyclic) bond motifs is 1. The molecule has 0 fully saturated rings. The van der Waals surface area contributed by atoms with Gasteiger partial charge in [-0.15, -0.1) is 0 Å². The summed E-state index contributed by atoms with van der Waals surface area (Å²) in [4.78, 5) is 12.5. The second-order valence-corrected chi connectivity index (χ2v) is 5.76. The van der Waals surface area contributed by atoms with E-state index in [1.54, 1.807) is 6.07 Å². The van der Waals surface area contributed by atoms with E-state index in [4.69, 9.17) is 9.15 Å². The van der Waals surface area contributed by atoms with Gasteiger partial charge in [-0.1, -0.05) is 30.3 Å². The molecule has 0 spiro atoms. The number of furan rings is 1. The van der Waals surface area contributed by atoms with Gasteiger partial charge in [-0.05, 0) is 38.1 Å². The number of carbonyl (C=O) groups excluding carboxylic acids is 1. The Hall–Kier alpha value is -2.75. The second kappa shape index (κ2) is 7.21. The van der Waals surface area contributed by atoms with E-state index in [9.17, 15) is 4.79 Å². The van der Waals surface area contributed by atoms with Crippen molar-refractivity contribution >= 4 is 16.9 Å². The van der Waals surface area contributed by atoms with Crippen LogP contribution in [-0.2, 0) is 6.42 Å². The quantitative estimate of drug-likeness (QED) is 0.740. The summed E-state index contributed by atoms with van der Waals surface area (Å²) < 4.78 is 11.3. The van der Waals surface area contributed by atoms with E-state index in [0.717, 1.165) is 16.7 Å². The molecule has 4 heteroatoms. The predicted octanol–water partition coefficient (Wildman–Crippen LogP) is 4.19. The number of hydrogen-bond acceptors (Lipinski definition) is 3. The molecule has 0 saturated carbocycles. The summed E-state index contributed by atoms with van der Waals surface area (Å²) in [7, 11) is 0. The summed E-state index contributed by atoms with van der Waals surface area (Å²) in [5, 5.41) is 4.09. The maximum Gasteiger partial charge on any atom is 0.255 e. The largest absolute Gasteiger partial charge is 0.493 e. The number of hydrogen-bond donors (Lipinski definition) is 1. The van der Waals surface area contributed by atoms with E-state index in [0.29, 0.717) is 24.3 Å². The summed E-state index contributed by atoms with van der Waals surface area (Å²) in [5.41, 5.74) is 1.42. The zero-order valence-corrected chi connectivity index (χ0v) is 13.9. The summed E-state index contributed by atoms with van der Waals surface area (Å²) in [6, 6.07) is 17.1. The molecule has 0 radical (unpaired) electrons. The van der Waals surface area contributed by atoms with Crippen LogP contribution in [0.4, 0.5) is 0 Å². The molecule has 0 aliphatic rings. The molecule has 4 nitrogen and oxygen atoms in total. The van der Waals surface area contributed by atoms with Crippen molar-refractivity contribution in [1.29, 1.82) is 0 Å². The van der Waals surface area contributed by atoms with Crippen LogP contribution in [0.3, 0.4) is 0 Å². The summed E-state index contributed by atoms with van der Waals surface area (Å²) in [6.45, 7) is 4.39. The van der Waals surface area contributed by atoms with Crippen LogP contribution in [-0.4, -0.2) is 18.6 Å². The van der Waals surface area contributed by atoms with Gasteiger partial charge in [0.15, 0.2) is 0 Å². The van der Waals surface area contributed by atoms with Crippen molar-refractivity contribution in [2.24, 2.45) is 0 Å². The topological polar surface area (TPSA) is 51.5 Å². The molecule has 1 atom stereocenters. The molecule has 1 amide bonds. The van der Waals surface area contributed by atoms with E-state index in [-0.39, 0.29) is 11.9 Å². The van der Waals surface area contributed by atoms with Gasteiger partial charge in [-0.25, -0.2) is 0 Å². The Morgan fingerprint density at radius 3 is 2.71 bits per heavy atom. The number of amides is 1. The predicted molar refractivity (Wildman–Crippen MR) is 94.5 cm³/mol. The average Bonchev–Trinajstić information content (AvgIpc) is 2.97. The van der Waals surface area contributed by atoms with E-state index in [2.05, 4.69) is 5.32 Å². The maximum atomic E-state index is 12.5. The Morgan fingerprint density at radius 2 is 1.92 bits per heavy atom. The molecule has 0 bridgehead atoms. The summed E-state index contributed by atoms with van der Waals surface area (Å²) in [5.74, 6) is 1.33. The highest BCUT2D eigenvalue weighted by Gasteiger charge is 2.16. The molecule has 1 heterocycles. The Balaban J connectivity index is 1.68. The van der Waals surface area contributed by atoms with Gasteiger partial charge in [0.2, 0.25) is 0 Å². The van der Waals surface area contributed by atoms with Crippen LogP contribution in [0.1, 0.15) is 30.0 Å². The highest BCUT2D eigenvalue weighted by atomic mass is 16.5. The van der Waals surface area contributed by atoms with E-state index >= 15 is 0 Å². The Kier molecular flexibility index (Phi) is 4.85. The maximum absolute atomic E-state index is 12.5. The third-order valence-electron chi connectivity index (χ3n) is 3.79. The molecule has 0 aliphatic heterocycles. The third-order valence-corrected chi connectivity index (χ3v) is 3.79. The lowest BCUT2D eigenvalue weighted by molar-refractivity contribution is 0.0935. The van der Waals surface area contributed by atoms with Gasteiger partial charge < -0.3 is 14.5 Å². The van der Waals surface area contributed by atoms with Crippen molar-refractivity contribution in [2.45, 2.75) is 26.3 Å². The lowest BCUT2D eigenvalue weighted by atomic mass is 10.1. The SMILES string of the molecule is CCOc1ccccc1C(=O)N[C@@H](C)Cc1cc2ccccc2o1. The second-order valence-electron chi connectivity index (χ2n) is 5.76. The molecular formula is C20H21NO3. The first-order chi connectivity index (χ1) is 11.7. The number of benzene rings is 2. The van der Waals surface area contributed by atoms with Crippen LogP contribution >= 0.6 is 0 Å². The highest BCUT2D eigenvalue weighted by Crippen LogP contribution is 2.21. The van der Waals surface area contributed by atoms with Crippen molar-refractivity contribution in [3.63, 3.8) is 0 Å². The van der Waals surface area contributed by atoms with Crippen LogP contribution in [0.2, 0.25) is 0 Å². The first-order valence-electron chi connectivity index (χ1n) is 8.17. The van der Waals surface area contributed by atoms with Gasteiger partial charge in [-0.3, -0.25) is 4.79 Å². The summed E-state index contributed by atoms with van der Waals surface area (Å²) >= 11 is 0. The summed E-state index contributed by atoms with van der Waals surface area (Å²) in [6.07, 6.45) is 0.636. The Morgan fingerprint density at radius 1 is 1.17 bits per heavy atom. The lowest BCUT2D eigenvalue weighted by Gasteiger charge is -2.14. The van der Waals surface area contributed by atoms with Crippen molar-refractivity contribution in [2.75, 3.05) is 6.61 Å². The monoisotopic (exact) mass is 323 g/mol. The minimum absolute atomic E-state index is 0.0484. The third kappa shape index (κ3) is 3.59. The minimum atomic E-state index is -0.136. The number of para-hydroxylation sites is 2. The van der Waals surface area contributed by atoms with Crippen LogP contribution in [0.25, 0.3) is 11.0 Å². The van der Waals surface area contributed by atoms with Crippen LogP contribution < -0.4 is 10.1 Å². The van der Waals surface area contributed by atoms with Crippen molar-refractivity contribution in [3.8, 4) is 5.75 Å². The van der Waals surface area contributed by atoms with E-state index in [1.165, 1.54) is 0 Å². The van der Waals surface area contributed by atoms with Gasteiger partial charge in [0.25, 0.3) is 5.91 Å². The standard InChI is InChI=1S/C20H21NO3/c1-3-23-19-11-7-5-9-17(19)20(22)21-14(2)12-16-13-15-8-4-6-10-18(15)24-16/h4-11,13-14H,3,12H2,1-2H3,(H,21,22)/t14-/m0/s1. The molecular weight excluding hydrogens is 302 g/mol. The van der Waals surface area contributed by atoms with Gasteiger partial charge in [0, 0.05) is 17.8 Å². The lowest BCUT2D eigenvalue weighted by Crippen LogP contribution is -2.34. The first-order valence-corrected chi connectivity index (χ1v) is 8.17. The normalized spacial score (nSPS) is 12.1. The average molecular weight is 323 g/mol. The molecule has 124 valence electrons. The molecule has 3 rings (SSSR count). The number of nitrogens with one attached hydrogen (secondary N) is 1. The molecule has 0 unspecified atom stereocenters. The van der Waals surface area contributed by atoms with E-state index in [1.807, 2.05) is 62.4 Å². The fourth-order valence-electron chi connectivity index (χ4n) is 2.73. The minimum Gasteiger partial charge on any atom is -0.493 e. The van der Waals surface area contributed by atoms with Crippen LogP contribution in [0.15, 0.2) is 59.0 Å². The molecule has 2 aromatic carbocycles. The number of ether oxygens (including phenoxy) is 1. The smallest absolute Gasteiger partial charge is 0.255 e.